The molecule has 0 aliphatic rings. The van der Waals surface area contributed by atoms with Gasteiger partial charge in [-0.25, -0.2) is 7.94 Å². The van der Waals surface area contributed by atoms with Crippen LogP contribution < -0.4 is 2.95 Å². The SMILES string of the molecule is BrN(Br)c1ccc2ccccc2n1.O.O. The number of hydrogen-bond acceptors (Lipinski definition) is 2. The van der Waals surface area contributed by atoms with Gasteiger partial charge in [-0.1, -0.05) is 18.2 Å². The second-order valence-electron chi connectivity index (χ2n) is 2.60. The summed E-state index contributed by atoms with van der Waals surface area (Å²) in [7, 11) is 0. The zero-order valence-electron chi connectivity index (χ0n) is 7.61. The van der Waals surface area contributed by atoms with Gasteiger partial charge in [0.15, 0.2) is 0 Å². The Morgan fingerprint density at radius 3 is 2.27 bits per heavy atom. The molecule has 2 aromatic rings. The topological polar surface area (TPSA) is 79.1 Å². The van der Waals surface area contributed by atoms with Crippen LogP contribution >= 0.6 is 32.3 Å². The molecule has 0 unspecified atom stereocenters. The number of benzene rings is 1. The summed E-state index contributed by atoms with van der Waals surface area (Å²) in [6.07, 6.45) is 0. The van der Waals surface area contributed by atoms with Crippen LogP contribution in [-0.2, 0) is 0 Å². The van der Waals surface area contributed by atoms with Crippen LogP contribution in [0.1, 0.15) is 0 Å². The maximum absolute atomic E-state index is 4.41. The van der Waals surface area contributed by atoms with E-state index >= 15 is 0 Å². The van der Waals surface area contributed by atoms with Crippen molar-refractivity contribution in [2.45, 2.75) is 0 Å². The van der Waals surface area contributed by atoms with Crippen molar-refractivity contribution in [3.8, 4) is 0 Å². The first-order chi connectivity index (χ1) is 6.27. The third-order valence-electron chi connectivity index (χ3n) is 1.76. The van der Waals surface area contributed by atoms with Gasteiger partial charge >= 0.3 is 0 Å². The molecular formula is C9H10Br2N2O2. The minimum Gasteiger partial charge on any atom is -0.412 e. The smallest absolute Gasteiger partial charge is 0.149 e. The van der Waals surface area contributed by atoms with Gasteiger partial charge in [0, 0.05) is 5.39 Å². The van der Waals surface area contributed by atoms with E-state index in [1.807, 2.05) is 36.4 Å². The molecule has 0 aliphatic carbocycles. The van der Waals surface area contributed by atoms with E-state index in [1.54, 1.807) is 2.95 Å². The fourth-order valence-electron chi connectivity index (χ4n) is 1.15. The molecule has 6 heteroatoms. The summed E-state index contributed by atoms with van der Waals surface area (Å²) in [5, 5.41) is 1.15. The number of para-hydroxylation sites is 1. The second kappa shape index (κ2) is 6.02. The second-order valence-corrected chi connectivity index (χ2v) is 4.97. The summed E-state index contributed by atoms with van der Waals surface area (Å²) < 4.78 is 1.63. The standard InChI is InChI=1S/C9H6Br2N2.2H2O/c10-13(11)9-6-5-7-3-1-2-4-8(7)12-9;;/h1-6H;2*1H2. The molecule has 0 aliphatic heterocycles. The van der Waals surface area contributed by atoms with E-state index in [0.717, 1.165) is 16.7 Å². The summed E-state index contributed by atoms with van der Waals surface area (Å²) in [5.41, 5.74) is 0.990. The first-order valence-electron chi connectivity index (χ1n) is 3.75. The molecule has 0 radical (unpaired) electrons. The van der Waals surface area contributed by atoms with E-state index in [4.69, 9.17) is 0 Å². The van der Waals surface area contributed by atoms with E-state index in [1.165, 1.54) is 0 Å². The van der Waals surface area contributed by atoms with Crippen molar-refractivity contribution in [1.29, 1.82) is 0 Å². The van der Waals surface area contributed by atoms with Crippen molar-refractivity contribution >= 4 is 49.0 Å². The summed E-state index contributed by atoms with van der Waals surface area (Å²) >= 11 is 6.51. The minimum absolute atomic E-state index is 0. The van der Waals surface area contributed by atoms with Gasteiger partial charge in [-0.2, -0.15) is 0 Å². The summed E-state index contributed by atoms with van der Waals surface area (Å²) in [4.78, 5) is 4.41. The molecule has 4 N–H and O–H groups in total. The molecule has 0 amide bonds. The molecule has 1 heterocycles. The maximum atomic E-state index is 4.41. The van der Waals surface area contributed by atoms with Crippen LogP contribution in [0.25, 0.3) is 10.9 Å². The lowest BCUT2D eigenvalue weighted by Crippen LogP contribution is -1.93. The van der Waals surface area contributed by atoms with Gasteiger partial charge in [-0.05, 0) is 18.2 Å². The Morgan fingerprint density at radius 1 is 0.933 bits per heavy atom. The zero-order valence-corrected chi connectivity index (χ0v) is 10.8. The van der Waals surface area contributed by atoms with Crippen LogP contribution in [0.15, 0.2) is 36.4 Å². The molecule has 4 nitrogen and oxygen atoms in total. The van der Waals surface area contributed by atoms with E-state index in [0.29, 0.717) is 0 Å². The van der Waals surface area contributed by atoms with Crippen LogP contribution in [0.4, 0.5) is 5.82 Å². The van der Waals surface area contributed by atoms with Gasteiger partial charge < -0.3 is 11.0 Å². The van der Waals surface area contributed by atoms with Gasteiger partial charge in [0.1, 0.15) is 5.82 Å². The van der Waals surface area contributed by atoms with Gasteiger partial charge in [0.25, 0.3) is 0 Å². The molecule has 0 bridgehead atoms. The number of halogens is 2. The first kappa shape index (κ1) is 14.3. The molecular weight excluding hydrogens is 328 g/mol. The Labute approximate surface area is 104 Å². The predicted molar refractivity (Wildman–Crippen MR) is 69.3 cm³/mol. The highest BCUT2D eigenvalue weighted by Crippen LogP contribution is 2.22. The van der Waals surface area contributed by atoms with Gasteiger partial charge in [-0.3, -0.25) is 0 Å². The monoisotopic (exact) mass is 336 g/mol. The van der Waals surface area contributed by atoms with Crippen molar-refractivity contribution in [3.05, 3.63) is 36.4 Å². The fraction of sp³-hybridized carbons (Fsp3) is 0. The molecule has 0 fully saturated rings. The minimum atomic E-state index is 0. The lowest BCUT2D eigenvalue weighted by atomic mass is 10.2. The number of nitrogens with zero attached hydrogens (tertiary/aromatic N) is 2. The highest BCUT2D eigenvalue weighted by atomic mass is 79.9. The number of fused-ring (bicyclic) bond motifs is 1. The van der Waals surface area contributed by atoms with E-state index in [2.05, 4.69) is 37.3 Å². The Balaban J connectivity index is 0.000000980. The van der Waals surface area contributed by atoms with Crippen molar-refractivity contribution in [2.24, 2.45) is 0 Å². The molecule has 82 valence electrons. The Kier molecular flexibility index (Phi) is 5.74. The average Bonchev–Trinajstić information content (AvgIpc) is 2.17. The molecule has 1 aromatic heterocycles. The number of pyridine rings is 1. The number of aromatic nitrogens is 1. The number of hydrogen-bond donors (Lipinski definition) is 0. The van der Waals surface area contributed by atoms with Gasteiger partial charge in [0.2, 0.25) is 0 Å². The normalized spacial score (nSPS) is 8.93. The van der Waals surface area contributed by atoms with Crippen LogP contribution in [0.2, 0.25) is 0 Å². The van der Waals surface area contributed by atoms with E-state index in [-0.39, 0.29) is 11.0 Å². The first-order valence-corrected chi connectivity index (χ1v) is 5.17. The quantitative estimate of drug-likeness (QED) is 0.746. The highest BCUT2D eigenvalue weighted by Gasteiger charge is 2.00. The largest absolute Gasteiger partial charge is 0.412 e. The molecule has 1 aromatic carbocycles. The number of anilines is 1. The van der Waals surface area contributed by atoms with Crippen LogP contribution in [0, 0.1) is 0 Å². The van der Waals surface area contributed by atoms with Crippen molar-refractivity contribution in [2.75, 3.05) is 2.95 Å². The summed E-state index contributed by atoms with van der Waals surface area (Å²) in [6.45, 7) is 0. The molecule has 0 saturated carbocycles. The van der Waals surface area contributed by atoms with Crippen LogP contribution in [-0.4, -0.2) is 15.9 Å². The maximum Gasteiger partial charge on any atom is 0.149 e. The van der Waals surface area contributed by atoms with Crippen molar-refractivity contribution in [3.63, 3.8) is 0 Å². The lowest BCUT2D eigenvalue weighted by Gasteiger charge is -2.05. The molecule has 0 atom stereocenters. The molecule has 2 rings (SSSR count). The van der Waals surface area contributed by atoms with Crippen molar-refractivity contribution in [1.82, 2.24) is 4.98 Å². The summed E-state index contributed by atoms with van der Waals surface area (Å²) in [6, 6.07) is 12.0. The van der Waals surface area contributed by atoms with Gasteiger partial charge in [-0.15, -0.1) is 0 Å². The van der Waals surface area contributed by atoms with Crippen LogP contribution in [0.5, 0.6) is 0 Å². The average molecular weight is 338 g/mol. The third kappa shape index (κ3) is 3.13. The van der Waals surface area contributed by atoms with Crippen LogP contribution in [0.3, 0.4) is 0 Å². The zero-order chi connectivity index (χ0) is 9.26. The Hall–Kier alpha value is -0.690. The van der Waals surface area contributed by atoms with Crippen molar-refractivity contribution < 1.29 is 11.0 Å². The van der Waals surface area contributed by atoms with E-state index in [9.17, 15) is 0 Å². The van der Waals surface area contributed by atoms with E-state index < -0.39 is 0 Å². The highest BCUT2D eigenvalue weighted by molar-refractivity contribution is 9.25. The predicted octanol–water partition coefficient (Wildman–Crippen LogP) is 2.01. The lowest BCUT2D eigenvalue weighted by molar-refractivity contribution is 0.823. The van der Waals surface area contributed by atoms with Gasteiger partial charge in [0.05, 0.1) is 37.8 Å². The fourth-order valence-corrected chi connectivity index (χ4v) is 1.54. The Bertz CT molecular complexity index is 437. The molecule has 15 heavy (non-hydrogen) atoms. The molecule has 0 spiro atoms. The third-order valence-corrected chi connectivity index (χ3v) is 2.48. The Morgan fingerprint density at radius 2 is 1.60 bits per heavy atom. The number of rotatable bonds is 1. The molecule has 0 saturated heterocycles. The summed E-state index contributed by atoms with van der Waals surface area (Å²) in [5.74, 6) is 0.832.